The molecule has 0 unspecified atom stereocenters. The summed E-state index contributed by atoms with van der Waals surface area (Å²) in [7, 11) is 1.86. The van der Waals surface area contributed by atoms with Crippen LogP contribution in [0.25, 0.3) is 0 Å². The summed E-state index contributed by atoms with van der Waals surface area (Å²) in [5, 5.41) is 0. The second-order valence-electron chi connectivity index (χ2n) is 1.33. The zero-order chi connectivity index (χ0) is 6.41. The second kappa shape index (κ2) is 4.01. The lowest BCUT2D eigenvalue weighted by Gasteiger charge is -2.01. The van der Waals surface area contributed by atoms with Crippen LogP contribution in [0.5, 0.6) is 0 Å². The standard InChI is InChI=1S/C7H9N/c1-4-6-7-8(3)5-2/h1,5-7H,2H2,3H3/b7-6-. The largest absolute Gasteiger partial charge is 0.357 e. The zero-order valence-corrected chi connectivity index (χ0v) is 4.96. The molecule has 0 fully saturated rings. The smallest absolute Gasteiger partial charge is 0.0114 e. The van der Waals surface area contributed by atoms with E-state index >= 15 is 0 Å². The molecule has 0 bridgehead atoms. The Morgan fingerprint density at radius 2 is 2.38 bits per heavy atom. The van der Waals surface area contributed by atoms with Crippen molar-refractivity contribution < 1.29 is 0 Å². The van der Waals surface area contributed by atoms with E-state index in [4.69, 9.17) is 6.42 Å². The molecule has 0 amide bonds. The van der Waals surface area contributed by atoms with Crippen LogP contribution >= 0.6 is 0 Å². The van der Waals surface area contributed by atoms with Crippen molar-refractivity contribution in [3.8, 4) is 12.3 Å². The first-order valence-electron chi connectivity index (χ1n) is 2.28. The van der Waals surface area contributed by atoms with Crippen LogP contribution in [0.4, 0.5) is 0 Å². The van der Waals surface area contributed by atoms with Gasteiger partial charge in [-0.15, -0.1) is 6.42 Å². The van der Waals surface area contributed by atoms with Crippen molar-refractivity contribution in [1.82, 2.24) is 4.90 Å². The molecular formula is C7H9N. The Balaban J connectivity index is 3.56. The summed E-state index contributed by atoms with van der Waals surface area (Å²) in [5.41, 5.74) is 0. The van der Waals surface area contributed by atoms with E-state index in [1.165, 1.54) is 0 Å². The van der Waals surface area contributed by atoms with Crippen molar-refractivity contribution in [3.05, 3.63) is 25.1 Å². The van der Waals surface area contributed by atoms with Crippen molar-refractivity contribution in [1.29, 1.82) is 0 Å². The first-order chi connectivity index (χ1) is 3.81. The average molecular weight is 107 g/mol. The molecule has 8 heavy (non-hydrogen) atoms. The number of hydrogen-bond acceptors (Lipinski definition) is 1. The molecule has 1 nitrogen and oxygen atoms in total. The third kappa shape index (κ3) is 3.05. The Kier molecular flexibility index (Phi) is 3.43. The van der Waals surface area contributed by atoms with E-state index in [0.717, 1.165) is 0 Å². The Hall–Kier alpha value is -1.16. The van der Waals surface area contributed by atoms with E-state index in [1.54, 1.807) is 23.4 Å². The van der Waals surface area contributed by atoms with Crippen LogP contribution in [0.1, 0.15) is 0 Å². The summed E-state index contributed by atoms with van der Waals surface area (Å²) in [5.74, 6) is 2.36. The minimum Gasteiger partial charge on any atom is -0.357 e. The maximum atomic E-state index is 4.93. The molecule has 0 aromatic rings. The Labute approximate surface area is 50.3 Å². The summed E-state index contributed by atoms with van der Waals surface area (Å²) in [6, 6.07) is 0. The Morgan fingerprint density at radius 1 is 1.75 bits per heavy atom. The monoisotopic (exact) mass is 107 g/mol. The maximum Gasteiger partial charge on any atom is 0.0114 e. The van der Waals surface area contributed by atoms with Crippen molar-refractivity contribution in [2.24, 2.45) is 0 Å². The molecule has 42 valence electrons. The minimum absolute atomic E-state index is 1.61. The van der Waals surface area contributed by atoms with Gasteiger partial charge in [-0.25, -0.2) is 0 Å². The number of rotatable bonds is 2. The highest BCUT2D eigenvalue weighted by Crippen LogP contribution is 1.80. The Bertz CT molecular complexity index is 128. The lowest BCUT2D eigenvalue weighted by atomic mass is 10.6. The molecule has 0 N–H and O–H groups in total. The maximum absolute atomic E-state index is 4.93. The molecule has 0 aliphatic carbocycles. The minimum atomic E-state index is 1.61. The number of hydrogen-bond donors (Lipinski definition) is 0. The van der Waals surface area contributed by atoms with Gasteiger partial charge in [0.2, 0.25) is 0 Å². The first kappa shape index (κ1) is 6.84. The summed E-state index contributed by atoms with van der Waals surface area (Å²) in [4.78, 5) is 1.78. The molecular weight excluding hydrogens is 98.1 g/mol. The SMILES string of the molecule is C#C/C=C\N(C)C=C. The summed E-state index contributed by atoms with van der Waals surface area (Å²) in [6.45, 7) is 3.52. The number of nitrogens with zero attached hydrogens (tertiary/aromatic N) is 1. The van der Waals surface area contributed by atoms with Gasteiger partial charge in [0, 0.05) is 19.3 Å². The molecule has 0 heterocycles. The van der Waals surface area contributed by atoms with Gasteiger partial charge in [-0.05, 0) is 6.20 Å². The first-order valence-corrected chi connectivity index (χ1v) is 2.28. The van der Waals surface area contributed by atoms with Gasteiger partial charge in [-0.1, -0.05) is 12.5 Å². The molecule has 0 aliphatic rings. The normalized spacial score (nSPS) is 8.50. The molecule has 0 radical (unpaired) electrons. The average Bonchev–Trinajstić information content (AvgIpc) is 1.83. The van der Waals surface area contributed by atoms with Crippen LogP contribution in [-0.4, -0.2) is 11.9 Å². The van der Waals surface area contributed by atoms with Gasteiger partial charge in [0.1, 0.15) is 0 Å². The van der Waals surface area contributed by atoms with Gasteiger partial charge in [-0.3, -0.25) is 0 Å². The third-order valence-electron chi connectivity index (χ3n) is 0.694. The highest BCUT2D eigenvalue weighted by Gasteiger charge is 1.72. The van der Waals surface area contributed by atoms with Crippen molar-refractivity contribution >= 4 is 0 Å². The molecule has 0 aromatic carbocycles. The molecule has 0 spiro atoms. The van der Waals surface area contributed by atoms with Crippen LogP contribution in [-0.2, 0) is 0 Å². The van der Waals surface area contributed by atoms with Crippen LogP contribution in [0.2, 0.25) is 0 Å². The molecule has 0 saturated carbocycles. The second-order valence-corrected chi connectivity index (χ2v) is 1.33. The molecule has 0 saturated heterocycles. The fraction of sp³-hybridized carbons (Fsp3) is 0.143. The van der Waals surface area contributed by atoms with E-state index in [0.29, 0.717) is 0 Å². The fourth-order valence-electron chi connectivity index (χ4n) is 0.221. The summed E-state index contributed by atoms with van der Waals surface area (Å²) < 4.78 is 0. The quantitative estimate of drug-likeness (QED) is 0.479. The lowest BCUT2D eigenvalue weighted by molar-refractivity contribution is 0.629. The van der Waals surface area contributed by atoms with Crippen molar-refractivity contribution in [2.75, 3.05) is 7.05 Å². The van der Waals surface area contributed by atoms with Crippen LogP contribution in [0.15, 0.2) is 25.1 Å². The van der Waals surface area contributed by atoms with E-state index < -0.39 is 0 Å². The van der Waals surface area contributed by atoms with Gasteiger partial charge in [0.15, 0.2) is 0 Å². The molecule has 0 rings (SSSR count). The predicted molar refractivity (Wildman–Crippen MR) is 35.9 cm³/mol. The number of allylic oxidation sites excluding steroid dienone is 1. The summed E-state index contributed by atoms with van der Waals surface area (Å²) in [6.07, 6.45) is 9.98. The van der Waals surface area contributed by atoms with Gasteiger partial charge in [-0.2, -0.15) is 0 Å². The van der Waals surface area contributed by atoms with E-state index in [2.05, 4.69) is 12.5 Å². The van der Waals surface area contributed by atoms with Gasteiger partial charge >= 0.3 is 0 Å². The highest BCUT2D eigenvalue weighted by atomic mass is 15.0. The molecule has 0 aliphatic heterocycles. The topological polar surface area (TPSA) is 3.24 Å². The third-order valence-corrected chi connectivity index (χ3v) is 0.694. The van der Waals surface area contributed by atoms with Crippen molar-refractivity contribution in [3.63, 3.8) is 0 Å². The Morgan fingerprint density at radius 3 is 2.75 bits per heavy atom. The zero-order valence-electron chi connectivity index (χ0n) is 4.96. The highest BCUT2D eigenvalue weighted by molar-refractivity contribution is 5.08. The summed E-state index contributed by atoms with van der Waals surface area (Å²) >= 11 is 0. The molecule has 0 aromatic heterocycles. The van der Waals surface area contributed by atoms with Crippen molar-refractivity contribution in [2.45, 2.75) is 0 Å². The molecule has 1 heteroatoms. The van der Waals surface area contributed by atoms with Crippen LogP contribution in [0.3, 0.4) is 0 Å². The van der Waals surface area contributed by atoms with Gasteiger partial charge in [0.25, 0.3) is 0 Å². The van der Waals surface area contributed by atoms with E-state index in [9.17, 15) is 0 Å². The van der Waals surface area contributed by atoms with Crippen LogP contribution < -0.4 is 0 Å². The van der Waals surface area contributed by atoms with Gasteiger partial charge in [0.05, 0.1) is 0 Å². The molecule has 0 atom stereocenters. The van der Waals surface area contributed by atoms with Crippen LogP contribution in [0, 0.1) is 12.3 Å². The number of terminal acetylenes is 1. The van der Waals surface area contributed by atoms with Gasteiger partial charge < -0.3 is 4.90 Å². The lowest BCUT2D eigenvalue weighted by Crippen LogP contribution is -1.97. The van der Waals surface area contributed by atoms with E-state index in [1.807, 2.05) is 7.05 Å². The predicted octanol–water partition coefficient (Wildman–Crippen LogP) is 1.21. The van der Waals surface area contributed by atoms with E-state index in [-0.39, 0.29) is 0 Å². The fourth-order valence-corrected chi connectivity index (χ4v) is 0.221.